The smallest absolute Gasteiger partial charge is 0.180 e. The van der Waals surface area contributed by atoms with E-state index in [1.54, 1.807) is 0 Å². The van der Waals surface area contributed by atoms with Crippen molar-refractivity contribution >= 4 is 104 Å². The molecule has 0 bridgehead atoms. The first-order chi connectivity index (χ1) is 54.4. The summed E-state index contributed by atoms with van der Waals surface area (Å²) >= 11 is 0. The molecule has 0 radical (unpaired) electrons. The van der Waals surface area contributed by atoms with Crippen LogP contribution in [0.3, 0.4) is 0 Å². The Morgan fingerprint density at radius 2 is 0.409 bits per heavy atom. The normalized spacial score (nSPS) is 13.9. The summed E-state index contributed by atoms with van der Waals surface area (Å²) in [7, 11) is 0. The molecule has 1 aliphatic carbocycles. The van der Waals surface area contributed by atoms with E-state index in [-0.39, 0.29) is 6.42 Å². The van der Waals surface area contributed by atoms with Gasteiger partial charge >= 0.3 is 0 Å². The molecule has 1 unspecified atom stereocenters. The molecule has 0 fully saturated rings. The first-order valence-electron chi connectivity index (χ1n) is 37.5. The lowest BCUT2D eigenvalue weighted by atomic mass is 9.80. The second-order valence-corrected chi connectivity index (χ2v) is 28.9. The standard InChI is InChI=1S/C104H66N6/c105-66-84-65-104(67-106,110-99-55-47-82(74-37-21-7-22-38-74)63-91(99)92-64-83(48-56-100(92)110)75-39-23-8-24-40-75)103(109-97-53-45-80(72-33-17-5-18-34-72)61-89(97)90-62-81(46-54-98(90)109)73-35-19-6-20-36-73)102(108-95-51-43-78(70-29-13-3-14-30-70)59-87(95)88-60-79(44-52-96(88)108)71-31-15-4-16-32-71)101(84)107-93-49-41-76(68-25-9-1-10-26-68)57-85(93)86-58-77(42-50-94(86)107)69-27-11-2-12-28-69/h1-64H,65H2. The number of fused-ring (bicyclic) bond motifs is 12. The van der Waals surface area contributed by atoms with Crippen LogP contribution in [0.1, 0.15) is 6.42 Å². The Hall–Kier alpha value is -14.8. The maximum atomic E-state index is 14.0. The van der Waals surface area contributed by atoms with Crippen molar-refractivity contribution in [1.29, 1.82) is 10.5 Å². The van der Waals surface area contributed by atoms with E-state index in [2.05, 4.69) is 419 Å². The van der Waals surface area contributed by atoms with Crippen LogP contribution in [0.4, 0.5) is 0 Å². The summed E-state index contributed by atoms with van der Waals surface area (Å²) < 4.78 is 9.60. The van der Waals surface area contributed by atoms with Gasteiger partial charge in [0.15, 0.2) is 5.54 Å². The van der Waals surface area contributed by atoms with Gasteiger partial charge in [-0.2, -0.15) is 10.5 Å². The zero-order chi connectivity index (χ0) is 73.0. The summed E-state index contributed by atoms with van der Waals surface area (Å²) in [5.74, 6) is 0. The highest BCUT2D eigenvalue weighted by Gasteiger charge is 2.50. The van der Waals surface area contributed by atoms with Crippen molar-refractivity contribution in [3.8, 4) is 101 Å². The molecule has 0 saturated carbocycles. The van der Waals surface area contributed by atoms with Crippen molar-refractivity contribution in [2.24, 2.45) is 0 Å². The molecular weight excluding hydrogens is 1330 g/mol. The number of benzene rings is 16. The van der Waals surface area contributed by atoms with Crippen molar-refractivity contribution in [2.75, 3.05) is 0 Å². The summed E-state index contributed by atoms with van der Waals surface area (Å²) in [6, 6.07) is 146. The van der Waals surface area contributed by atoms with Crippen LogP contribution in [0.15, 0.2) is 394 Å². The van der Waals surface area contributed by atoms with Crippen molar-refractivity contribution in [3.63, 3.8) is 0 Å². The zero-order valence-electron chi connectivity index (χ0n) is 59.8. The lowest BCUT2D eigenvalue weighted by Gasteiger charge is -2.40. The molecule has 6 heteroatoms. The number of nitrogens with zero attached hydrogens (tertiary/aromatic N) is 6. The van der Waals surface area contributed by atoms with Crippen LogP contribution in [0.25, 0.3) is 193 Å². The third-order valence-electron chi connectivity index (χ3n) is 22.8. The molecule has 512 valence electrons. The predicted molar refractivity (Wildman–Crippen MR) is 458 cm³/mol. The van der Waals surface area contributed by atoms with Gasteiger partial charge in [-0.1, -0.05) is 291 Å². The van der Waals surface area contributed by atoms with Crippen molar-refractivity contribution in [3.05, 3.63) is 394 Å². The molecule has 21 rings (SSSR count). The SMILES string of the molecule is N#CC1=C(n2c3ccc(-c4ccccc4)cc3c3cc(-c4ccccc4)ccc32)C(n2c3ccc(-c4ccccc4)cc3c3cc(-c4ccccc4)ccc32)=C(n2c3ccc(-c4ccccc4)cc3c3cc(-c4ccccc4)ccc32)C(C#N)(n2c3ccc(-c4ccccc4)cc3c3cc(-c4ccccc4)ccc32)C1. The Morgan fingerprint density at radius 1 is 0.209 bits per heavy atom. The molecule has 0 N–H and O–H groups in total. The molecule has 1 atom stereocenters. The van der Waals surface area contributed by atoms with Crippen molar-refractivity contribution in [1.82, 2.24) is 18.3 Å². The van der Waals surface area contributed by atoms with Gasteiger partial charge in [0.1, 0.15) is 0 Å². The fraction of sp³-hybridized carbons (Fsp3) is 0.0192. The average molecular weight is 1400 g/mol. The molecule has 0 amide bonds. The van der Waals surface area contributed by atoms with Gasteiger partial charge in [-0.3, -0.25) is 0 Å². The van der Waals surface area contributed by atoms with Crippen molar-refractivity contribution in [2.45, 2.75) is 12.0 Å². The van der Waals surface area contributed by atoms with E-state index in [1.165, 1.54) is 0 Å². The van der Waals surface area contributed by atoms with Gasteiger partial charge in [-0.25, -0.2) is 0 Å². The number of hydrogen-bond acceptors (Lipinski definition) is 2. The second kappa shape index (κ2) is 25.8. The maximum absolute atomic E-state index is 14.0. The predicted octanol–water partition coefficient (Wildman–Crippen LogP) is 27.0. The highest BCUT2D eigenvalue weighted by atomic mass is 15.2. The summed E-state index contributed by atoms with van der Waals surface area (Å²) in [6.07, 6.45) is -0.0436. The highest BCUT2D eigenvalue weighted by Crippen LogP contribution is 2.57. The number of hydrogen-bond donors (Lipinski definition) is 0. The minimum Gasteiger partial charge on any atom is -0.316 e. The minimum absolute atomic E-state index is 0.0436. The Labute approximate surface area is 636 Å². The quantitative estimate of drug-likeness (QED) is 0.122. The van der Waals surface area contributed by atoms with Crippen molar-refractivity contribution < 1.29 is 0 Å². The summed E-state index contributed by atoms with van der Waals surface area (Å²) in [5, 5.41) is 35.3. The molecule has 0 spiro atoms. The molecule has 20 aromatic rings. The van der Waals surface area contributed by atoms with Gasteiger partial charge in [0, 0.05) is 49.5 Å². The van der Waals surface area contributed by atoms with E-state index in [0.29, 0.717) is 22.7 Å². The maximum Gasteiger partial charge on any atom is 0.180 e. The van der Waals surface area contributed by atoms with Gasteiger partial charge < -0.3 is 18.3 Å². The highest BCUT2D eigenvalue weighted by molar-refractivity contribution is 6.24. The van der Waals surface area contributed by atoms with Crippen LogP contribution in [0.5, 0.6) is 0 Å². The number of nitriles is 2. The second-order valence-electron chi connectivity index (χ2n) is 28.9. The third-order valence-corrected chi connectivity index (χ3v) is 22.8. The monoisotopic (exact) mass is 1400 g/mol. The summed E-state index contributed by atoms with van der Waals surface area (Å²) in [6.45, 7) is 0. The molecule has 4 aromatic heterocycles. The first kappa shape index (κ1) is 63.6. The molecule has 16 aromatic carbocycles. The van der Waals surface area contributed by atoms with E-state index in [1.807, 2.05) is 0 Å². The van der Waals surface area contributed by atoms with E-state index in [0.717, 1.165) is 176 Å². The zero-order valence-corrected chi connectivity index (χ0v) is 59.8. The Balaban J connectivity index is 0.995. The van der Waals surface area contributed by atoms with E-state index in [9.17, 15) is 10.5 Å². The molecule has 110 heavy (non-hydrogen) atoms. The van der Waals surface area contributed by atoms with E-state index >= 15 is 0 Å². The van der Waals surface area contributed by atoms with Crippen LogP contribution < -0.4 is 0 Å². The molecule has 1 aliphatic rings. The Kier molecular flexibility index (Phi) is 14.9. The molecule has 4 heterocycles. The number of rotatable bonds is 12. The van der Waals surface area contributed by atoms with E-state index in [4.69, 9.17) is 0 Å². The van der Waals surface area contributed by atoms with Crippen LogP contribution >= 0.6 is 0 Å². The lowest BCUT2D eigenvalue weighted by molar-refractivity contribution is 0.505. The molecule has 0 saturated heterocycles. The molecular formula is C104H66N6. The summed E-state index contributed by atoms with van der Waals surface area (Å²) in [4.78, 5) is 0. The third kappa shape index (κ3) is 10.2. The number of allylic oxidation sites excluding steroid dienone is 4. The fourth-order valence-electron chi connectivity index (χ4n) is 17.7. The molecule has 0 aliphatic heterocycles. The van der Waals surface area contributed by atoms with Gasteiger partial charge in [0.05, 0.1) is 78.9 Å². The largest absolute Gasteiger partial charge is 0.316 e. The van der Waals surface area contributed by atoms with Gasteiger partial charge in [-0.15, -0.1) is 0 Å². The van der Waals surface area contributed by atoms with Crippen LogP contribution in [-0.2, 0) is 5.54 Å². The van der Waals surface area contributed by atoms with Gasteiger partial charge in [-0.05, 0) is 186 Å². The van der Waals surface area contributed by atoms with Crippen LogP contribution in [-0.4, -0.2) is 18.3 Å². The Bertz CT molecular complexity index is 6870. The van der Waals surface area contributed by atoms with Crippen LogP contribution in [0, 0.1) is 22.7 Å². The topological polar surface area (TPSA) is 67.3 Å². The minimum atomic E-state index is -1.77. The summed E-state index contributed by atoms with van der Waals surface area (Å²) in [5.41, 5.74) is 25.0. The fourth-order valence-corrected chi connectivity index (χ4v) is 17.7. The number of aromatic nitrogens is 4. The van der Waals surface area contributed by atoms with Gasteiger partial charge in [0.25, 0.3) is 0 Å². The molecule has 6 nitrogen and oxygen atoms in total. The average Bonchev–Trinajstić information content (AvgIpc) is 1.47. The Morgan fingerprint density at radius 3 is 0.627 bits per heavy atom. The van der Waals surface area contributed by atoms with Gasteiger partial charge in [0.2, 0.25) is 0 Å². The first-order valence-corrected chi connectivity index (χ1v) is 37.5. The van der Waals surface area contributed by atoms with Crippen LogP contribution in [0.2, 0.25) is 0 Å². The lowest BCUT2D eigenvalue weighted by Crippen LogP contribution is -2.40. The van der Waals surface area contributed by atoms with E-state index < -0.39 is 5.54 Å².